The second-order valence-corrected chi connectivity index (χ2v) is 5.13. The lowest BCUT2D eigenvalue weighted by Crippen LogP contribution is -2.19. The number of carbonyl (C=O) groups excluding carboxylic acids is 1. The summed E-state index contributed by atoms with van der Waals surface area (Å²) in [5, 5.41) is 3.98. The van der Waals surface area contributed by atoms with Gasteiger partial charge in [0.25, 0.3) is 0 Å². The average Bonchev–Trinajstić information content (AvgIpc) is 2.63. The Bertz CT molecular complexity index is 727. The predicted octanol–water partition coefficient (Wildman–Crippen LogP) is 2.80. The van der Waals surface area contributed by atoms with Crippen LogP contribution in [0, 0.1) is 0 Å². The summed E-state index contributed by atoms with van der Waals surface area (Å²) in [6, 6.07) is 12.8. The lowest BCUT2D eigenvalue weighted by atomic mass is 10.1. The van der Waals surface area contributed by atoms with Gasteiger partial charge in [0.05, 0.1) is 33.5 Å². The number of hydrogen-bond acceptors (Lipinski definition) is 5. The molecule has 2 rings (SSSR count). The minimum absolute atomic E-state index is 0.206. The Morgan fingerprint density at radius 1 is 1.12 bits per heavy atom. The van der Waals surface area contributed by atoms with Crippen molar-refractivity contribution in [1.29, 1.82) is 0 Å². The summed E-state index contributed by atoms with van der Waals surface area (Å²) in [5.41, 5.74) is 4.11. The van der Waals surface area contributed by atoms with Gasteiger partial charge < -0.3 is 14.2 Å². The van der Waals surface area contributed by atoms with E-state index in [1.54, 1.807) is 20.3 Å². The Kier molecular flexibility index (Phi) is 6.83. The zero-order valence-corrected chi connectivity index (χ0v) is 14.6. The van der Waals surface area contributed by atoms with Gasteiger partial charge in [0, 0.05) is 5.56 Å². The first kappa shape index (κ1) is 18.3. The van der Waals surface area contributed by atoms with Crippen LogP contribution in [0.5, 0.6) is 17.2 Å². The molecule has 0 saturated carbocycles. The molecule has 132 valence electrons. The molecule has 0 heterocycles. The van der Waals surface area contributed by atoms with Crippen LogP contribution in [0.25, 0.3) is 0 Å². The van der Waals surface area contributed by atoms with Crippen molar-refractivity contribution in [3.8, 4) is 17.2 Å². The first-order chi connectivity index (χ1) is 12.2. The molecule has 1 amide bonds. The van der Waals surface area contributed by atoms with Gasteiger partial charge in [-0.05, 0) is 36.8 Å². The van der Waals surface area contributed by atoms with Gasteiger partial charge in [-0.2, -0.15) is 5.10 Å². The Balaban J connectivity index is 1.94. The van der Waals surface area contributed by atoms with Crippen LogP contribution >= 0.6 is 0 Å². The number of hydrogen-bond donors (Lipinski definition) is 1. The largest absolute Gasteiger partial charge is 0.494 e. The number of hydrazone groups is 1. The van der Waals surface area contributed by atoms with E-state index in [0.717, 1.165) is 11.3 Å². The molecule has 2 aromatic rings. The van der Waals surface area contributed by atoms with Crippen molar-refractivity contribution < 1.29 is 19.0 Å². The molecule has 0 aromatic heterocycles. The first-order valence-electron chi connectivity index (χ1n) is 7.92. The summed E-state index contributed by atoms with van der Waals surface area (Å²) < 4.78 is 15.9. The normalized spacial score (nSPS) is 10.5. The van der Waals surface area contributed by atoms with E-state index < -0.39 is 0 Å². The summed E-state index contributed by atoms with van der Waals surface area (Å²) in [4.78, 5) is 12.0. The van der Waals surface area contributed by atoms with Gasteiger partial charge in [0.15, 0.2) is 11.5 Å². The Hall–Kier alpha value is -3.02. The molecule has 6 heteroatoms. The van der Waals surface area contributed by atoms with Crippen LogP contribution in [-0.2, 0) is 11.2 Å². The quantitative estimate of drug-likeness (QED) is 0.592. The third-order valence-corrected chi connectivity index (χ3v) is 3.43. The standard InChI is InChI=1S/C19H22N2O4/c1-4-25-16-10-8-14(9-11-16)12-18(22)21-20-13-15-6-5-7-17(23-2)19(15)24-3/h5-11,13H,4,12H2,1-3H3,(H,21,22)/b20-13+. The zero-order valence-electron chi connectivity index (χ0n) is 14.6. The molecule has 0 radical (unpaired) electrons. The van der Waals surface area contributed by atoms with Crippen LogP contribution in [0.3, 0.4) is 0 Å². The summed E-state index contributed by atoms with van der Waals surface area (Å²) >= 11 is 0. The van der Waals surface area contributed by atoms with Crippen molar-refractivity contribution in [3.63, 3.8) is 0 Å². The van der Waals surface area contributed by atoms with Crippen LogP contribution in [0.2, 0.25) is 0 Å². The fourth-order valence-corrected chi connectivity index (χ4v) is 2.28. The minimum Gasteiger partial charge on any atom is -0.494 e. The van der Waals surface area contributed by atoms with Crippen LogP contribution in [0.4, 0.5) is 0 Å². The van der Waals surface area contributed by atoms with Crippen LogP contribution in [0.1, 0.15) is 18.1 Å². The molecule has 0 unspecified atom stereocenters. The number of ether oxygens (including phenoxy) is 3. The summed E-state index contributed by atoms with van der Waals surface area (Å²) in [7, 11) is 3.12. The number of nitrogens with one attached hydrogen (secondary N) is 1. The van der Waals surface area contributed by atoms with Gasteiger partial charge >= 0.3 is 0 Å². The first-order valence-corrected chi connectivity index (χ1v) is 7.92. The van der Waals surface area contributed by atoms with Gasteiger partial charge in [-0.25, -0.2) is 5.43 Å². The van der Waals surface area contributed by atoms with Crippen molar-refractivity contribution in [2.24, 2.45) is 5.10 Å². The Morgan fingerprint density at radius 2 is 1.88 bits per heavy atom. The number of nitrogens with zero attached hydrogens (tertiary/aromatic N) is 1. The molecule has 0 atom stereocenters. The maximum Gasteiger partial charge on any atom is 0.244 e. The molecular formula is C19H22N2O4. The highest BCUT2D eigenvalue weighted by molar-refractivity contribution is 5.86. The third kappa shape index (κ3) is 5.24. The van der Waals surface area contributed by atoms with Crippen LogP contribution < -0.4 is 19.6 Å². The van der Waals surface area contributed by atoms with Gasteiger partial charge in [0.2, 0.25) is 5.91 Å². The van der Waals surface area contributed by atoms with E-state index in [1.807, 2.05) is 43.3 Å². The van der Waals surface area contributed by atoms with Crippen molar-refractivity contribution in [2.45, 2.75) is 13.3 Å². The van der Waals surface area contributed by atoms with Crippen molar-refractivity contribution in [2.75, 3.05) is 20.8 Å². The molecule has 0 spiro atoms. The highest BCUT2D eigenvalue weighted by atomic mass is 16.5. The summed E-state index contributed by atoms with van der Waals surface area (Å²) in [5.74, 6) is 1.75. The van der Waals surface area contributed by atoms with Gasteiger partial charge in [-0.15, -0.1) is 0 Å². The molecule has 0 aliphatic heterocycles. The number of carbonyl (C=O) groups is 1. The van der Waals surface area contributed by atoms with E-state index in [-0.39, 0.29) is 12.3 Å². The summed E-state index contributed by atoms with van der Waals surface area (Å²) in [6.45, 7) is 2.54. The molecule has 2 aromatic carbocycles. The smallest absolute Gasteiger partial charge is 0.244 e. The topological polar surface area (TPSA) is 69.2 Å². The fraction of sp³-hybridized carbons (Fsp3) is 0.263. The fourth-order valence-electron chi connectivity index (χ4n) is 2.28. The molecule has 0 fully saturated rings. The number of methoxy groups -OCH3 is 2. The monoisotopic (exact) mass is 342 g/mol. The van der Waals surface area contributed by atoms with Crippen molar-refractivity contribution in [3.05, 3.63) is 53.6 Å². The maximum atomic E-state index is 12.0. The molecular weight excluding hydrogens is 320 g/mol. The third-order valence-electron chi connectivity index (χ3n) is 3.43. The average molecular weight is 342 g/mol. The molecule has 6 nitrogen and oxygen atoms in total. The molecule has 25 heavy (non-hydrogen) atoms. The number of amides is 1. The van der Waals surface area contributed by atoms with E-state index in [1.165, 1.54) is 6.21 Å². The maximum absolute atomic E-state index is 12.0. The van der Waals surface area contributed by atoms with E-state index in [2.05, 4.69) is 10.5 Å². The van der Waals surface area contributed by atoms with E-state index in [9.17, 15) is 4.79 Å². The second kappa shape index (κ2) is 9.32. The Morgan fingerprint density at radius 3 is 2.52 bits per heavy atom. The van der Waals surface area contributed by atoms with Crippen molar-refractivity contribution in [1.82, 2.24) is 5.43 Å². The van der Waals surface area contributed by atoms with E-state index in [4.69, 9.17) is 14.2 Å². The Labute approximate surface area is 147 Å². The second-order valence-electron chi connectivity index (χ2n) is 5.13. The highest BCUT2D eigenvalue weighted by Crippen LogP contribution is 2.29. The summed E-state index contributed by atoms with van der Waals surface area (Å²) in [6.07, 6.45) is 1.76. The van der Waals surface area contributed by atoms with E-state index >= 15 is 0 Å². The van der Waals surface area contributed by atoms with E-state index in [0.29, 0.717) is 23.7 Å². The molecule has 0 saturated heterocycles. The van der Waals surface area contributed by atoms with Crippen LogP contribution in [-0.4, -0.2) is 32.9 Å². The molecule has 1 N–H and O–H groups in total. The minimum atomic E-state index is -0.206. The molecule has 0 aliphatic carbocycles. The van der Waals surface area contributed by atoms with Gasteiger partial charge in [-0.1, -0.05) is 18.2 Å². The van der Waals surface area contributed by atoms with Crippen molar-refractivity contribution >= 4 is 12.1 Å². The molecule has 0 aliphatic rings. The van der Waals surface area contributed by atoms with Gasteiger partial charge in [0.1, 0.15) is 5.75 Å². The predicted molar refractivity (Wildman–Crippen MR) is 96.6 cm³/mol. The zero-order chi connectivity index (χ0) is 18.1. The number of para-hydroxylation sites is 1. The SMILES string of the molecule is CCOc1ccc(CC(=O)N/N=C/c2cccc(OC)c2OC)cc1. The lowest BCUT2D eigenvalue weighted by molar-refractivity contribution is -0.120. The molecule has 0 bridgehead atoms. The lowest BCUT2D eigenvalue weighted by Gasteiger charge is -2.09. The highest BCUT2D eigenvalue weighted by Gasteiger charge is 2.07. The van der Waals surface area contributed by atoms with Gasteiger partial charge in [-0.3, -0.25) is 4.79 Å². The number of benzene rings is 2. The van der Waals surface area contributed by atoms with Crippen LogP contribution in [0.15, 0.2) is 47.6 Å². The number of rotatable bonds is 8.